The Hall–Kier alpha value is 0.842. The molecule has 22 valence electrons. The van der Waals surface area contributed by atoms with Gasteiger partial charge in [0.2, 0.25) is 0 Å². The summed E-state index contributed by atoms with van der Waals surface area (Å²) in [5.74, 6) is 0. The van der Waals surface area contributed by atoms with Crippen LogP contribution < -0.4 is 6.25 Å². The molecule has 0 amide bonds. The van der Waals surface area contributed by atoms with Gasteiger partial charge in [0.1, 0.15) is 0 Å². The number of hydrogen-bond donors (Lipinski definition) is 2. The zero-order chi connectivity index (χ0) is 2.83. The van der Waals surface area contributed by atoms with Crippen LogP contribution in [0.1, 0.15) is 0 Å². The average molecular weight is 251 g/mol. The summed E-state index contributed by atoms with van der Waals surface area (Å²) in [7, 11) is 0. The maximum atomic E-state index is 3.19. The molecule has 2 nitrogen and oxygen atoms in total. The van der Waals surface area contributed by atoms with Crippen molar-refractivity contribution in [3.05, 3.63) is 0 Å². The quantitative estimate of drug-likeness (QED) is 0.521. The SMILES string of the molecule is C1[NH][Pb][NH]1. The van der Waals surface area contributed by atoms with Gasteiger partial charge in [0.15, 0.2) is 0 Å². The van der Waals surface area contributed by atoms with Gasteiger partial charge < -0.3 is 0 Å². The Morgan fingerprint density at radius 3 is 1.75 bits per heavy atom. The van der Waals surface area contributed by atoms with Crippen LogP contribution in [0.5, 0.6) is 0 Å². The Labute approximate surface area is 38.0 Å². The van der Waals surface area contributed by atoms with Crippen LogP contribution in [-0.2, 0) is 0 Å². The Balaban J connectivity index is 2.00. The van der Waals surface area contributed by atoms with E-state index >= 15 is 0 Å². The van der Waals surface area contributed by atoms with Crippen molar-refractivity contribution >= 4 is 24.8 Å². The van der Waals surface area contributed by atoms with Gasteiger partial charge in [-0.1, -0.05) is 0 Å². The zero-order valence-corrected chi connectivity index (χ0v) is 6.09. The summed E-state index contributed by atoms with van der Waals surface area (Å²) in [5, 5.41) is 0. The summed E-state index contributed by atoms with van der Waals surface area (Å²) >= 11 is -0.253. The number of nitrogens with one attached hydrogen (secondary N) is 2. The Morgan fingerprint density at radius 1 is 1.50 bits per heavy atom. The van der Waals surface area contributed by atoms with Crippen LogP contribution in [0.2, 0.25) is 0 Å². The van der Waals surface area contributed by atoms with Gasteiger partial charge in [-0.2, -0.15) is 0 Å². The molecule has 1 aliphatic rings. The first kappa shape index (κ1) is 3.05. The van der Waals surface area contributed by atoms with Gasteiger partial charge in [0, 0.05) is 0 Å². The van der Waals surface area contributed by atoms with Crippen LogP contribution >= 0.6 is 0 Å². The number of rotatable bonds is 0. The van der Waals surface area contributed by atoms with E-state index in [1.807, 2.05) is 0 Å². The zero-order valence-electron chi connectivity index (χ0n) is 2.21. The molecule has 0 bridgehead atoms. The molecular weight excluding hydrogens is 247 g/mol. The first-order valence-electron chi connectivity index (χ1n) is 1.21. The Morgan fingerprint density at radius 2 is 1.75 bits per heavy atom. The monoisotopic (exact) mass is 252 g/mol. The van der Waals surface area contributed by atoms with Crippen molar-refractivity contribution < 1.29 is 0 Å². The minimum atomic E-state index is -0.253. The molecule has 3 heteroatoms. The summed E-state index contributed by atoms with van der Waals surface area (Å²) in [5.41, 5.74) is 0. The van der Waals surface area contributed by atoms with Crippen molar-refractivity contribution in [2.75, 3.05) is 6.67 Å². The molecule has 0 aromatic rings. The van der Waals surface area contributed by atoms with E-state index in [9.17, 15) is 0 Å². The third kappa shape index (κ3) is 0.411. The molecule has 1 saturated heterocycles. The van der Waals surface area contributed by atoms with Gasteiger partial charge in [-0.3, -0.25) is 0 Å². The van der Waals surface area contributed by atoms with E-state index in [4.69, 9.17) is 0 Å². The number of hydrogen-bond acceptors (Lipinski definition) is 2. The van der Waals surface area contributed by atoms with Crippen LogP contribution in [-0.4, -0.2) is 31.5 Å². The molecule has 0 atom stereocenters. The summed E-state index contributed by atoms with van der Waals surface area (Å²) in [6.07, 6.45) is 0. The van der Waals surface area contributed by atoms with Gasteiger partial charge in [0.25, 0.3) is 0 Å². The second-order valence-electron chi connectivity index (χ2n) is 0.655. The van der Waals surface area contributed by atoms with Crippen LogP contribution in [0.25, 0.3) is 0 Å². The first-order valence-corrected chi connectivity index (χ1v) is 5.09. The third-order valence-electron chi connectivity index (χ3n) is 0.354. The molecular formula is CH4N2Pb. The summed E-state index contributed by atoms with van der Waals surface area (Å²) in [6.45, 7) is 1.09. The van der Waals surface area contributed by atoms with E-state index in [0.29, 0.717) is 0 Å². The molecule has 0 aromatic carbocycles. The van der Waals surface area contributed by atoms with Gasteiger partial charge in [-0.25, -0.2) is 0 Å². The van der Waals surface area contributed by atoms with E-state index in [1.54, 1.807) is 0 Å². The molecule has 0 saturated carbocycles. The van der Waals surface area contributed by atoms with Crippen LogP contribution in [0.3, 0.4) is 0 Å². The van der Waals surface area contributed by atoms with E-state index in [2.05, 4.69) is 6.25 Å². The van der Waals surface area contributed by atoms with Crippen LogP contribution in [0, 0.1) is 0 Å². The first-order chi connectivity index (χ1) is 2.00. The third-order valence-corrected chi connectivity index (χ3v) is 3.10. The van der Waals surface area contributed by atoms with Gasteiger partial charge >= 0.3 is 37.8 Å². The van der Waals surface area contributed by atoms with Crippen molar-refractivity contribution in [1.82, 2.24) is 6.25 Å². The van der Waals surface area contributed by atoms with E-state index in [1.165, 1.54) is 0 Å². The molecule has 0 aromatic heterocycles. The van der Waals surface area contributed by atoms with Crippen molar-refractivity contribution in [2.45, 2.75) is 0 Å². The van der Waals surface area contributed by atoms with Gasteiger partial charge in [-0.15, -0.1) is 0 Å². The van der Waals surface area contributed by atoms with E-state index in [-0.39, 0.29) is 24.8 Å². The maximum absolute atomic E-state index is 3.19. The Bertz CT molecular complexity index is 14.0. The fraction of sp³-hybridized carbons (Fsp3) is 1.00. The molecule has 2 radical (unpaired) electrons. The second-order valence-corrected chi connectivity index (χ2v) is 4.38. The van der Waals surface area contributed by atoms with E-state index < -0.39 is 0 Å². The molecule has 2 N–H and O–H groups in total. The topological polar surface area (TPSA) is 24.1 Å². The summed E-state index contributed by atoms with van der Waals surface area (Å²) in [4.78, 5) is 0. The predicted molar refractivity (Wildman–Crippen MR) is 16.9 cm³/mol. The molecule has 0 aliphatic carbocycles. The van der Waals surface area contributed by atoms with Crippen LogP contribution in [0.4, 0.5) is 0 Å². The average Bonchev–Trinajstić information content (AvgIpc) is 0.722. The normalized spacial score (nSPS) is 24.0. The standard InChI is InChI=1S/CH4N2.Pb/c2-1-3;/h2-3H,1H2;/q-2;+2. The molecule has 4 heavy (non-hydrogen) atoms. The van der Waals surface area contributed by atoms with Gasteiger partial charge in [-0.05, 0) is 0 Å². The second kappa shape index (κ2) is 1.32. The predicted octanol–water partition coefficient (Wildman–Crippen LogP) is -1.33. The molecule has 0 spiro atoms. The fourth-order valence-electron chi connectivity index (χ4n) is 0.0884. The van der Waals surface area contributed by atoms with Crippen molar-refractivity contribution in [1.29, 1.82) is 0 Å². The van der Waals surface area contributed by atoms with Gasteiger partial charge in [0.05, 0.1) is 0 Å². The minimum absolute atomic E-state index is 0.253. The molecule has 1 rings (SSSR count). The molecule has 0 unspecified atom stereocenters. The van der Waals surface area contributed by atoms with Crippen molar-refractivity contribution in [3.63, 3.8) is 0 Å². The van der Waals surface area contributed by atoms with E-state index in [0.717, 1.165) is 6.67 Å². The van der Waals surface area contributed by atoms with Crippen molar-refractivity contribution in [3.8, 4) is 0 Å². The molecule has 1 aliphatic heterocycles. The Kier molecular flexibility index (Phi) is 1.01. The summed E-state index contributed by atoms with van der Waals surface area (Å²) in [6, 6.07) is 0. The summed E-state index contributed by atoms with van der Waals surface area (Å²) < 4.78 is 6.39. The van der Waals surface area contributed by atoms with Crippen LogP contribution in [0.15, 0.2) is 0 Å². The molecule has 1 fully saturated rings. The molecule has 1 heterocycles. The van der Waals surface area contributed by atoms with Crippen molar-refractivity contribution in [2.24, 2.45) is 0 Å². The fourth-order valence-corrected chi connectivity index (χ4v) is 0.776.